The molecule has 7 aromatic rings. The smallest absolute Gasteiger partial charge is 0.0887 e. The topological polar surface area (TPSA) is 6.48 Å². The van der Waals surface area contributed by atoms with Crippen LogP contribution >= 0.6 is 22.9 Å². The van der Waals surface area contributed by atoms with Gasteiger partial charge in [-0.15, -0.1) is 11.3 Å². The SMILES string of the molecule is Clc1c(N(c2ccccc2)c2ccccc2)cccc1N(c1ccccc1)c1csc2ccc3ccccc3c12. The van der Waals surface area contributed by atoms with E-state index in [1.54, 1.807) is 11.3 Å². The lowest BCUT2D eigenvalue weighted by molar-refractivity contribution is 1.26. The van der Waals surface area contributed by atoms with Crippen LogP contribution in [0.25, 0.3) is 20.9 Å². The Hall–Kier alpha value is -4.57. The summed E-state index contributed by atoms with van der Waals surface area (Å²) >= 11 is 9.22. The van der Waals surface area contributed by atoms with Crippen LogP contribution in [0.3, 0.4) is 0 Å². The van der Waals surface area contributed by atoms with E-state index in [2.05, 4.69) is 143 Å². The summed E-state index contributed by atoms with van der Waals surface area (Å²) in [5, 5.41) is 6.62. The van der Waals surface area contributed by atoms with Crippen molar-refractivity contribution >= 4 is 77.9 Å². The number of benzene rings is 6. The molecule has 0 amide bonds. The number of nitrogens with zero attached hydrogens (tertiary/aromatic N) is 2. The van der Waals surface area contributed by atoms with Gasteiger partial charge in [0, 0.05) is 32.5 Å². The largest absolute Gasteiger partial charge is 0.309 e. The molecule has 0 unspecified atom stereocenters. The van der Waals surface area contributed by atoms with Gasteiger partial charge in [0.05, 0.1) is 22.1 Å². The fourth-order valence-electron chi connectivity index (χ4n) is 5.38. The first-order valence-electron chi connectivity index (χ1n) is 13.2. The average molecular weight is 553 g/mol. The van der Waals surface area contributed by atoms with Crippen molar-refractivity contribution in [1.82, 2.24) is 0 Å². The van der Waals surface area contributed by atoms with E-state index in [0.29, 0.717) is 5.02 Å². The first-order chi connectivity index (χ1) is 19.8. The quantitative estimate of drug-likeness (QED) is 0.202. The van der Waals surface area contributed by atoms with Gasteiger partial charge in [0.2, 0.25) is 0 Å². The molecule has 0 aliphatic carbocycles. The van der Waals surface area contributed by atoms with Gasteiger partial charge < -0.3 is 9.80 Å². The van der Waals surface area contributed by atoms with Gasteiger partial charge in [-0.25, -0.2) is 0 Å². The van der Waals surface area contributed by atoms with Crippen molar-refractivity contribution in [3.63, 3.8) is 0 Å². The number of hydrogen-bond acceptors (Lipinski definition) is 3. The molecule has 0 saturated heterocycles. The summed E-state index contributed by atoms with van der Waals surface area (Å²) in [5.41, 5.74) is 6.11. The first-order valence-corrected chi connectivity index (χ1v) is 14.5. The van der Waals surface area contributed by atoms with Crippen molar-refractivity contribution in [3.8, 4) is 0 Å². The number of halogens is 1. The molecule has 0 saturated carbocycles. The average Bonchev–Trinajstić information content (AvgIpc) is 3.45. The predicted molar refractivity (Wildman–Crippen MR) is 174 cm³/mol. The zero-order valence-electron chi connectivity index (χ0n) is 21.6. The van der Waals surface area contributed by atoms with Gasteiger partial charge in [-0.1, -0.05) is 103 Å². The number of para-hydroxylation sites is 3. The monoisotopic (exact) mass is 552 g/mol. The molecule has 0 fully saturated rings. The molecule has 2 nitrogen and oxygen atoms in total. The van der Waals surface area contributed by atoms with Crippen LogP contribution in [0.15, 0.2) is 151 Å². The van der Waals surface area contributed by atoms with Crippen molar-refractivity contribution in [3.05, 3.63) is 156 Å². The van der Waals surface area contributed by atoms with Crippen LogP contribution in [-0.2, 0) is 0 Å². The highest BCUT2D eigenvalue weighted by Gasteiger charge is 2.24. The molecule has 0 radical (unpaired) electrons. The Morgan fingerprint density at radius 1 is 0.450 bits per heavy atom. The minimum absolute atomic E-state index is 0.679. The molecule has 0 aliphatic rings. The van der Waals surface area contributed by atoms with Gasteiger partial charge in [-0.3, -0.25) is 0 Å². The van der Waals surface area contributed by atoms with Crippen molar-refractivity contribution in [2.75, 3.05) is 9.80 Å². The molecule has 1 heterocycles. The zero-order valence-corrected chi connectivity index (χ0v) is 23.2. The van der Waals surface area contributed by atoms with Gasteiger partial charge in [0.25, 0.3) is 0 Å². The number of fused-ring (bicyclic) bond motifs is 3. The summed E-state index contributed by atoms with van der Waals surface area (Å²) in [6, 6.07) is 50.6. The second-order valence-electron chi connectivity index (χ2n) is 9.57. The Balaban J connectivity index is 1.48. The van der Waals surface area contributed by atoms with Crippen LogP contribution in [0.2, 0.25) is 5.02 Å². The molecule has 4 heteroatoms. The van der Waals surface area contributed by atoms with Gasteiger partial charge in [0.15, 0.2) is 0 Å². The molecule has 6 aromatic carbocycles. The first kappa shape index (κ1) is 24.5. The van der Waals surface area contributed by atoms with Gasteiger partial charge >= 0.3 is 0 Å². The predicted octanol–water partition coefficient (Wildman–Crippen LogP) is 11.6. The van der Waals surface area contributed by atoms with E-state index in [1.165, 1.54) is 20.9 Å². The van der Waals surface area contributed by atoms with Gasteiger partial charge in [-0.05, 0) is 65.4 Å². The molecular weight excluding hydrogens is 528 g/mol. The van der Waals surface area contributed by atoms with Crippen molar-refractivity contribution in [2.24, 2.45) is 0 Å². The molecule has 40 heavy (non-hydrogen) atoms. The summed E-state index contributed by atoms with van der Waals surface area (Å²) < 4.78 is 1.25. The number of anilines is 6. The van der Waals surface area contributed by atoms with E-state index >= 15 is 0 Å². The number of hydrogen-bond donors (Lipinski definition) is 0. The second-order valence-corrected chi connectivity index (χ2v) is 10.9. The molecule has 0 atom stereocenters. The van der Waals surface area contributed by atoms with Crippen LogP contribution in [0.1, 0.15) is 0 Å². The lowest BCUT2D eigenvalue weighted by Crippen LogP contribution is -2.14. The van der Waals surface area contributed by atoms with Crippen LogP contribution < -0.4 is 9.80 Å². The third kappa shape index (κ3) is 4.30. The molecular formula is C36H25ClN2S. The Morgan fingerprint density at radius 2 is 0.975 bits per heavy atom. The third-order valence-electron chi connectivity index (χ3n) is 7.17. The van der Waals surface area contributed by atoms with Crippen molar-refractivity contribution in [1.29, 1.82) is 0 Å². The summed E-state index contributed by atoms with van der Waals surface area (Å²) in [6.45, 7) is 0. The van der Waals surface area contributed by atoms with Gasteiger partial charge in [0.1, 0.15) is 0 Å². The van der Waals surface area contributed by atoms with Crippen molar-refractivity contribution in [2.45, 2.75) is 0 Å². The highest BCUT2D eigenvalue weighted by atomic mass is 35.5. The maximum Gasteiger partial charge on any atom is 0.0887 e. The third-order valence-corrected chi connectivity index (χ3v) is 8.49. The van der Waals surface area contributed by atoms with Gasteiger partial charge in [-0.2, -0.15) is 0 Å². The van der Waals surface area contributed by atoms with E-state index in [1.807, 2.05) is 18.2 Å². The van der Waals surface area contributed by atoms with E-state index in [0.717, 1.165) is 34.1 Å². The Morgan fingerprint density at radius 3 is 1.60 bits per heavy atom. The van der Waals surface area contributed by atoms with Crippen LogP contribution in [-0.4, -0.2) is 0 Å². The number of thiophene rings is 1. The highest BCUT2D eigenvalue weighted by molar-refractivity contribution is 7.18. The molecule has 192 valence electrons. The number of rotatable bonds is 6. The molecule has 7 rings (SSSR count). The summed E-state index contributed by atoms with van der Waals surface area (Å²) in [4.78, 5) is 4.52. The maximum absolute atomic E-state index is 7.45. The van der Waals surface area contributed by atoms with E-state index in [4.69, 9.17) is 11.6 Å². The molecule has 0 aliphatic heterocycles. The summed E-state index contributed by atoms with van der Waals surface area (Å²) in [5.74, 6) is 0. The summed E-state index contributed by atoms with van der Waals surface area (Å²) in [6.07, 6.45) is 0. The molecule has 0 spiro atoms. The maximum atomic E-state index is 7.45. The van der Waals surface area contributed by atoms with E-state index in [9.17, 15) is 0 Å². The Labute approximate surface area is 242 Å². The molecule has 0 N–H and O–H groups in total. The summed E-state index contributed by atoms with van der Waals surface area (Å²) in [7, 11) is 0. The van der Waals surface area contributed by atoms with Crippen molar-refractivity contribution < 1.29 is 0 Å². The lowest BCUT2D eigenvalue weighted by Gasteiger charge is -2.30. The minimum atomic E-state index is 0.679. The standard InChI is InChI=1S/C36H25ClN2S/c37-36-31(38(27-14-4-1-5-15-27)28-16-6-2-7-17-28)21-12-22-32(36)39(29-18-8-3-9-19-29)33-25-40-34-24-23-26-13-10-11-20-30(26)35(33)34/h1-25H. The fourth-order valence-corrected chi connectivity index (χ4v) is 6.61. The normalized spacial score (nSPS) is 11.1. The van der Waals surface area contributed by atoms with E-state index in [-0.39, 0.29) is 0 Å². The highest BCUT2D eigenvalue weighted by Crippen LogP contribution is 2.49. The molecule has 1 aromatic heterocycles. The zero-order chi connectivity index (χ0) is 26.9. The fraction of sp³-hybridized carbons (Fsp3) is 0. The Kier molecular flexibility index (Phi) is 6.45. The minimum Gasteiger partial charge on any atom is -0.309 e. The van der Waals surface area contributed by atoms with Crippen LogP contribution in [0.5, 0.6) is 0 Å². The van der Waals surface area contributed by atoms with E-state index < -0.39 is 0 Å². The second kappa shape index (κ2) is 10.5. The molecule has 0 bridgehead atoms. The Bertz CT molecular complexity index is 1880. The lowest BCUT2D eigenvalue weighted by atomic mass is 10.0. The van der Waals surface area contributed by atoms with Crippen LogP contribution in [0.4, 0.5) is 34.1 Å². The van der Waals surface area contributed by atoms with Crippen LogP contribution in [0, 0.1) is 0 Å².